The summed E-state index contributed by atoms with van der Waals surface area (Å²) in [5, 5.41) is 9.64. The van der Waals surface area contributed by atoms with Gasteiger partial charge in [0.2, 0.25) is 5.95 Å². The maximum absolute atomic E-state index is 11.3. The zero-order valence-corrected chi connectivity index (χ0v) is 16.2. The lowest BCUT2D eigenvalue weighted by Crippen LogP contribution is -2.23. The Kier molecular flexibility index (Phi) is 6.92. The van der Waals surface area contributed by atoms with Crippen LogP contribution in [0.3, 0.4) is 0 Å². The fourth-order valence-corrected chi connectivity index (χ4v) is 4.05. The molecule has 4 rings (SSSR count). The lowest BCUT2D eigenvalue weighted by Gasteiger charge is -2.25. The highest BCUT2D eigenvalue weighted by Crippen LogP contribution is 2.27. The first-order valence-electron chi connectivity index (χ1n) is 10.0. The van der Waals surface area contributed by atoms with Crippen LogP contribution in [-0.2, 0) is 19.3 Å². The van der Waals surface area contributed by atoms with Crippen LogP contribution in [0.1, 0.15) is 65.8 Å². The van der Waals surface area contributed by atoms with E-state index in [1.54, 1.807) is 0 Å². The normalized spacial score (nSPS) is 21.2. The van der Waals surface area contributed by atoms with E-state index in [2.05, 4.69) is 21.0 Å². The Hall–Kier alpha value is -2.54. The molecule has 2 atom stereocenters. The van der Waals surface area contributed by atoms with Gasteiger partial charge < -0.3 is 16.6 Å². The van der Waals surface area contributed by atoms with E-state index in [-0.39, 0.29) is 12.1 Å². The van der Waals surface area contributed by atoms with E-state index < -0.39 is 5.91 Å². The number of amides is 1. The average molecular weight is 383 g/mol. The fourth-order valence-electron chi connectivity index (χ4n) is 4.05. The minimum atomic E-state index is -0.540. The number of nitrogen functional groups attached to an aromatic ring is 1. The van der Waals surface area contributed by atoms with Gasteiger partial charge in [-0.1, -0.05) is 12.5 Å². The molecule has 0 radical (unpaired) electrons. The maximum Gasteiger partial charge on any atom is 0.252 e. The summed E-state index contributed by atoms with van der Waals surface area (Å²) in [6.45, 7) is 0. The van der Waals surface area contributed by atoms with Crippen molar-refractivity contribution in [3.63, 3.8) is 0 Å². The zero-order valence-electron chi connectivity index (χ0n) is 16.2. The summed E-state index contributed by atoms with van der Waals surface area (Å²) in [7, 11) is 0. The van der Waals surface area contributed by atoms with Gasteiger partial charge in [-0.3, -0.25) is 9.78 Å². The Labute approximate surface area is 165 Å². The summed E-state index contributed by atoms with van der Waals surface area (Å²) in [6, 6.07) is 4.23. The number of aliphatic hydroxyl groups excluding tert-OH is 1. The Balaban J connectivity index is 0.000000188. The molecule has 2 aromatic heterocycles. The highest BCUT2D eigenvalue weighted by molar-refractivity contribution is 5.93. The molecule has 5 N–H and O–H groups in total. The van der Waals surface area contributed by atoms with Crippen molar-refractivity contribution in [1.29, 1.82) is 0 Å². The topological polar surface area (TPSA) is 128 Å². The SMILES string of the molecule is NC(=O)c1cnc(N)nc1CC1CCCC(O)C1.c1cnc2c(c1)CCCC2. The Morgan fingerprint density at radius 2 is 2.00 bits per heavy atom. The average Bonchev–Trinajstić information content (AvgIpc) is 2.68. The van der Waals surface area contributed by atoms with Gasteiger partial charge in [0.05, 0.1) is 17.4 Å². The second-order valence-electron chi connectivity index (χ2n) is 7.66. The predicted molar refractivity (Wildman–Crippen MR) is 108 cm³/mol. The third-order valence-corrected chi connectivity index (χ3v) is 5.48. The van der Waals surface area contributed by atoms with Gasteiger partial charge >= 0.3 is 0 Å². The number of aromatic nitrogens is 3. The summed E-state index contributed by atoms with van der Waals surface area (Å²) in [6.07, 6.45) is 12.3. The highest BCUT2D eigenvalue weighted by Gasteiger charge is 2.23. The van der Waals surface area contributed by atoms with Gasteiger partial charge in [-0.2, -0.15) is 0 Å². The van der Waals surface area contributed by atoms with Gasteiger partial charge in [-0.15, -0.1) is 0 Å². The molecule has 1 fully saturated rings. The lowest BCUT2D eigenvalue weighted by atomic mass is 9.84. The van der Waals surface area contributed by atoms with Crippen LogP contribution < -0.4 is 11.5 Å². The summed E-state index contributed by atoms with van der Waals surface area (Å²) >= 11 is 0. The van der Waals surface area contributed by atoms with E-state index in [9.17, 15) is 9.90 Å². The second-order valence-corrected chi connectivity index (χ2v) is 7.66. The summed E-state index contributed by atoms with van der Waals surface area (Å²) in [5.74, 6) is -0.0751. The van der Waals surface area contributed by atoms with E-state index >= 15 is 0 Å². The van der Waals surface area contributed by atoms with Crippen molar-refractivity contribution in [2.45, 2.75) is 63.9 Å². The van der Waals surface area contributed by atoms with E-state index in [1.165, 1.54) is 43.1 Å². The molecule has 0 spiro atoms. The van der Waals surface area contributed by atoms with E-state index in [0.29, 0.717) is 23.6 Å². The standard InChI is InChI=1S/C12H18N4O2.C9H11N/c13-11(18)9-6-15-12(14)16-10(9)5-7-2-1-3-8(17)4-7;1-2-6-9-8(4-1)5-3-7-10-9/h6-8,17H,1-5H2,(H2,13,18)(H2,14,15,16);3,5,7H,1-2,4,6H2. The van der Waals surface area contributed by atoms with Crippen LogP contribution in [0.15, 0.2) is 24.5 Å². The monoisotopic (exact) mass is 383 g/mol. The molecule has 150 valence electrons. The third-order valence-electron chi connectivity index (χ3n) is 5.48. The minimum absolute atomic E-state index is 0.145. The number of hydrogen-bond donors (Lipinski definition) is 3. The van der Waals surface area contributed by atoms with Gasteiger partial charge in [-0.05, 0) is 68.9 Å². The molecule has 2 heterocycles. The quantitative estimate of drug-likeness (QED) is 0.745. The number of nitrogens with two attached hydrogens (primary N) is 2. The molecular formula is C21H29N5O2. The molecule has 2 aliphatic carbocycles. The predicted octanol–water partition coefficient (Wildman–Crippen LogP) is 2.21. The second kappa shape index (κ2) is 9.59. The van der Waals surface area contributed by atoms with Crippen LogP contribution in [0.4, 0.5) is 5.95 Å². The van der Waals surface area contributed by atoms with Gasteiger partial charge in [-0.25, -0.2) is 9.97 Å². The maximum atomic E-state index is 11.3. The zero-order chi connectivity index (χ0) is 19.9. The third kappa shape index (κ3) is 5.48. The van der Waals surface area contributed by atoms with Crippen molar-refractivity contribution in [3.05, 3.63) is 47.0 Å². The van der Waals surface area contributed by atoms with Crippen molar-refractivity contribution in [1.82, 2.24) is 15.0 Å². The van der Waals surface area contributed by atoms with Crippen molar-refractivity contribution in [2.24, 2.45) is 11.7 Å². The number of pyridine rings is 1. The molecule has 2 unspecified atom stereocenters. The Bertz CT molecular complexity index is 786. The number of carbonyl (C=O) groups excluding carboxylic acids is 1. The van der Waals surface area contributed by atoms with Gasteiger partial charge in [0, 0.05) is 18.1 Å². The van der Waals surface area contributed by atoms with E-state index in [0.717, 1.165) is 25.7 Å². The molecule has 28 heavy (non-hydrogen) atoms. The van der Waals surface area contributed by atoms with Crippen LogP contribution in [0.25, 0.3) is 0 Å². The van der Waals surface area contributed by atoms with E-state index in [4.69, 9.17) is 11.5 Å². The van der Waals surface area contributed by atoms with Crippen LogP contribution in [-0.4, -0.2) is 32.1 Å². The smallest absolute Gasteiger partial charge is 0.252 e. The first-order chi connectivity index (χ1) is 13.5. The number of nitrogens with zero attached hydrogens (tertiary/aromatic N) is 3. The number of rotatable bonds is 3. The fraction of sp³-hybridized carbons (Fsp3) is 0.524. The van der Waals surface area contributed by atoms with Crippen molar-refractivity contribution in [3.8, 4) is 0 Å². The highest BCUT2D eigenvalue weighted by atomic mass is 16.3. The number of aliphatic hydroxyl groups is 1. The van der Waals surface area contributed by atoms with Crippen molar-refractivity contribution < 1.29 is 9.90 Å². The molecular weight excluding hydrogens is 354 g/mol. The Morgan fingerprint density at radius 3 is 2.75 bits per heavy atom. The minimum Gasteiger partial charge on any atom is -0.393 e. The number of anilines is 1. The molecule has 0 aliphatic heterocycles. The van der Waals surface area contributed by atoms with Crippen LogP contribution in [0, 0.1) is 5.92 Å². The first-order valence-corrected chi connectivity index (χ1v) is 10.0. The van der Waals surface area contributed by atoms with Gasteiger partial charge in [0.25, 0.3) is 5.91 Å². The van der Waals surface area contributed by atoms with E-state index in [1.807, 2.05) is 12.3 Å². The van der Waals surface area contributed by atoms with Gasteiger partial charge in [0.1, 0.15) is 0 Å². The lowest BCUT2D eigenvalue weighted by molar-refractivity contribution is 0.0987. The number of aryl methyl sites for hydroxylation is 2. The summed E-state index contributed by atoms with van der Waals surface area (Å²) < 4.78 is 0. The molecule has 0 saturated heterocycles. The van der Waals surface area contributed by atoms with Crippen LogP contribution in [0.2, 0.25) is 0 Å². The molecule has 0 bridgehead atoms. The number of primary amides is 1. The summed E-state index contributed by atoms with van der Waals surface area (Å²) in [4.78, 5) is 23.5. The van der Waals surface area contributed by atoms with Crippen molar-refractivity contribution >= 4 is 11.9 Å². The van der Waals surface area contributed by atoms with Gasteiger partial charge in [0.15, 0.2) is 0 Å². The molecule has 2 aliphatic rings. The Morgan fingerprint density at radius 1 is 1.18 bits per heavy atom. The molecule has 1 amide bonds. The summed E-state index contributed by atoms with van der Waals surface area (Å²) in [5.41, 5.74) is 14.5. The molecule has 7 heteroatoms. The van der Waals surface area contributed by atoms with Crippen LogP contribution in [0.5, 0.6) is 0 Å². The number of carbonyl (C=O) groups is 1. The number of hydrogen-bond acceptors (Lipinski definition) is 6. The molecule has 2 aromatic rings. The van der Waals surface area contributed by atoms with Crippen molar-refractivity contribution in [2.75, 3.05) is 5.73 Å². The number of fused-ring (bicyclic) bond motifs is 1. The largest absolute Gasteiger partial charge is 0.393 e. The first kappa shape index (κ1) is 20.2. The molecule has 1 saturated carbocycles. The molecule has 7 nitrogen and oxygen atoms in total. The molecule has 0 aromatic carbocycles. The van der Waals surface area contributed by atoms with Crippen LogP contribution >= 0.6 is 0 Å².